The van der Waals surface area contributed by atoms with E-state index in [2.05, 4.69) is 37.5 Å². The molecule has 0 spiro atoms. The molecular formula is C32H49BrN2O4. The summed E-state index contributed by atoms with van der Waals surface area (Å²) in [6.45, 7) is 17.1. The molecule has 0 amide bonds. The first-order valence-electron chi connectivity index (χ1n) is 15.4. The summed E-state index contributed by atoms with van der Waals surface area (Å²) in [4.78, 5) is 28.1. The van der Waals surface area contributed by atoms with Crippen molar-refractivity contribution in [3.63, 3.8) is 0 Å². The first kappa shape index (κ1) is 29.3. The van der Waals surface area contributed by atoms with Crippen LogP contribution in [0.15, 0.2) is 24.4 Å². The number of allylic oxidation sites excluding steroid dienone is 2. The van der Waals surface area contributed by atoms with Crippen molar-refractivity contribution in [2.75, 3.05) is 45.9 Å². The molecule has 0 unspecified atom stereocenters. The maximum absolute atomic E-state index is 13.3. The Hall–Kier alpha value is -1.18. The van der Waals surface area contributed by atoms with Gasteiger partial charge in [-0.2, -0.15) is 0 Å². The number of morpholine rings is 1. The van der Waals surface area contributed by atoms with E-state index in [9.17, 15) is 9.59 Å². The van der Waals surface area contributed by atoms with Gasteiger partial charge in [0.15, 0.2) is 11.9 Å². The van der Waals surface area contributed by atoms with Gasteiger partial charge in [0.05, 0.1) is 38.5 Å². The topological polar surface area (TPSA) is 55.8 Å². The third-order valence-electron chi connectivity index (χ3n) is 12.4. The number of carbonyl (C=O) groups is 2. The fraction of sp³-hybridized carbons (Fsp3) is 0.812. The summed E-state index contributed by atoms with van der Waals surface area (Å²) in [5.41, 5.74) is 1.05. The van der Waals surface area contributed by atoms with Crippen molar-refractivity contribution < 1.29 is 40.5 Å². The Bertz CT molecular complexity index is 1000. The highest BCUT2D eigenvalue weighted by Crippen LogP contribution is 2.67. The molecule has 218 valence electrons. The van der Waals surface area contributed by atoms with Crippen molar-refractivity contribution in [2.24, 2.45) is 34.5 Å². The van der Waals surface area contributed by atoms with E-state index in [-0.39, 0.29) is 39.9 Å². The predicted molar refractivity (Wildman–Crippen MR) is 147 cm³/mol. The van der Waals surface area contributed by atoms with Crippen LogP contribution >= 0.6 is 0 Å². The molecule has 6 rings (SSSR count). The number of nitrogens with zero attached hydrogens (tertiary/aromatic N) is 2. The minimum Gasteiger partial charge on any atom is -1.00 e. The van der Waals surface area contributed by atoms with Crippen molar-refractivity contribution in [3.8, 4) is 0 Å². The second-order valence-corrected chi connectivity index (χ2v) is 14.0. The number of carbonyl (C=O) groups excluding carboxylic acids is 2. The molecule has 3 saturated carbocycles. The van der Waals surface area contributed by atoms with E-state index >= 15 is 0 Å². The Morgan fingerprint density at radius 3 is 2.56 bits per heavy atom. The molecule has 8 atom stereocenters. The number of ether oxygens (including phenoxy) is 2. The summed E-state index contributed by atoms with van der Waals surface area (Å²) in [5.74, 6) is 2.44. The van der Waals surface area contributed by atoms with E-state index in [0.717, 1.165) is 55.5 Å². The van der Waals surface area contributed by atoms with Gasteiger partial charge in [-0.15, -0.1) is 0 Å². The number of rotatable bonds is 5. The molecule has 0 radical (unpaired) electrons. The van der Waals surface area contributed by atoms with Crippen LogP contribution in [-0.4, -0.2) is 79.2 Å². The highest BCUT2D eigenvalue weighted by Gasteiger charge is 2.67. The van der Waals surface area contributed by atoms with Gasteiger partial charge in [0.25, 0.3) is 0 Å². The molecule has 0 aromatic rings. The van der Waals surface area contributed by atoms with Crippen LogP contribution in [0.2, 0.25) is 0 Å². The summed E-state index contributed by atoms with van der Waals surface area (Å²) in [7, 11) is 0. The number of hydrogen-bond donors (Lipinski definition) is 0. The van der Waals surface area contributed by atoms with E-state index in [1.807, 2.05) is 0 Å². The molecule has 39 heavy (non-hydrogen) atoms. The van der Waals surface area contributed by atoms with Crippen LogP contribution < -0.4 is 17.0 Å². The Labute approximate surface area is 245 Å². The second kappa shape index (κ2) is 10.9. The quantitative estimate of drug-likeness (QED) is 0.272. The zero-order chi connectivity index (χ0) is 26.7. The van der Waals surface area contributed by atoms with E-state index in [1.165, 1.54) is 32.4 Å². The lowest BCUT2D eigenvalue weighted by molar-refractivity contribution is -0.937. The van der Waals surface area contributed by atoms with Gasteiger partial charge >= 0.3 is 5.97 Å². The molecule has 4 aliphatic carbocycles. The lowest BCUT2D eigenvalue weighted by Gasteiger charge is -2.59. The zero-order valence-electron chi connectivity index (χ0n) is 24.3. The predicted octanol–water partition coefficient (Wildman–Crippen LogP) is 1.74. The summed E-state index contributed by atoms with van der Waals surface area (Å²) >= 11 is 0. The fourth-order valence-electron chi connectivity index (χ4n) is 10.5. The van der Waals surface area contributed by atoms with Crippen LogP contribution in [0.4, 0.5) is 0 Å². The van der Waals surface area contributed by atoms with Crippen molar-refractivity contribution in [2.45, 2.75) is 84.3 Å². The third kappa shape index (κ3) is 4.67. The summed E-state index contributed by atoms with van der Waals surface area (Å²) in [6, 6.07) is 0.367. The first-order chi connectivity index (χ1) is 18.2. The standard InChI is InChI=1S/C32H49N2O4.BrH/c1-5-14-34(15-6-7-16-34)28-20-26-24-9-8-23-19-29(36)27(33-12-17-37-18-13-33)21-32(23,4)25(24)10-11-31(26,3)30(28)38-22(2)35;/h5,21,23-26,28,30H,1,6-20H2,2-4H3;1H/q+1;/p-1/t23-,24-,25-,26-,28+,30+,31+,32+;/m1./s1. The van der Waals surface area contributed by atoms with Crippen LogP contribution in [-0.2, 0) is 19.1 Å². The lowest BCUT2D eigenvalue weighted by Crippen LogP contribution is -3.00. The van der Waals surface area contributed by atoms with E-state index in [0.29, 0.717) is 55.1 Å². The smallest absolute Gasteiger partial charge is 0.303 e. The SMILES string of the molecule is C=CC[N+]1([C@H]2C[C@@H]3[C@@H]4CC[C@@H]5CC(=O)C(N6CCOCC6)=C[C@]5(C)[C@@H]4CC[C@]3(C)[C@H]2OC(C)=O)CCCC1.[Br-]. The highest BCUT2D eigenvalue weighted by molar-refractivity contribution is 5.96. The van der Waals surface area contributed by atoms with E-state index < -0.39 is 0 Å². The molecule has 5 fully saturated rings. The molecule has 6 nitrogen and oxygen atoms in total. The largest absolute Gasteiger partial charge is 1.00 e. The Morgan fingerprint density at radius 2 is 1.90 bits per heavy atom. The molecular weight excluding hydrogens is 556 g/mol. The first-order valence-corrected chi connectivity index (χ1v) is 15.4. The number of Topliss-reactive ketones (excluding diaryl/α,β-unsaturated/α-hetero) is 1. The normalized spacial score (nSPS) is 42.9. The number of esters is 1. The van der Waals surface area contributed by atoms with E-state index in [4.69, 9.17) is 9.47 Å². The van der Waals surface area contributed by atoms with Crippen molar-refractivity contribution in [1.82, 2.24) is 4.90 Å². The molecule has 2 aliphatic heterocycles. The molecule has 0 bridgehead atoms. The maximum Gasteiger partial charge on any atom is 0.303 e. The molecule has 6 aliphatic rings. The summed E-state index contributed by atoms with van der Waals surface area (Å²) in [6.07, 6.45) is 13.5. The third-order valence-corrected chi connectivity index (χ3v) is 12.4. The molecule has 2 heterocycles. The number of ketones is 1. The average Bonchev–Trinajstić information content (AvgIpc) is 3.48. The maximum atomic E-state index is 13.3. The zero-order valence-corrected chi connectivity index (χ0v) is 25.9. The van der Waals surface area contributed by atoms with Gasteiger partial charge in [-0.25, -0.2) is 0 Å². The van der Waals surface area contributed by atoms with Gasteiger partial charge in [-0.3, -0.25) is 9.59 Å². The summed E-state index contributed by atoms with van der Waals surface area (Å²) < 4.78 is 13.0. The molecule has 0 aromatic heterocycles. The van der Waals surface area contributed by atoms with Gasteiger partial charge < -0.3 is 35.8 Å². The number of likely N-dealkylation sites (tertiary alicyclic amines) is 1. The minimum atomic E-state index is -0.125. The van der Waals surface area contributed by atoms with Crippen molar-refractivity contribution >= 4 is 11.8 Å². The number of quaternary nitrogens is 1. The van der Waals surface area contributed by atoms with Gasteiger partial charge in [0.1, 0.15) is 6.04 Å². The molecule has 0 aromatic carbocycles. The van der Waals surface area contributed by atoms with Gasteiger partial charge in [-0.05, 0) is 60.8 Å². The van der Waals surface area contributed by atoms with Crippen LogP contribution in [0.25, 0.3) is 0 Å². The van der Waals surface area contributed by atoms with Crippen LogP contribution in [0.5, 0.6) is 0 Å². The number of halogens is 1. The average molecular weight is 606 g/mol. The Balaban J connectivity index is 0.00000308. The summed E-state index contributed by atoms with van der Waals surface area (Å²) in [5, 5.41) is 0. The molecule has 2 saturated heterocycles. The molecule has 7 heteroatoms. The molecule has 0 N–H and O–H groups in total. The van der Waals surface area contributed by atoms with Gasteiger partial charge in [0.2, 0.25) is 0 Å². The van der Waals surface area contributed by atoms with Crippen LogP contribution in [0.3, 0.4) is 0 Å². The van der Waals surface area contributed by atoms with Gasteiger partial charge in [0, 0.05) is 51.1 Å². The lowest BCUT2D eigenvalue weighted by atomic mass is 9.46. The van der Waals surface area contributed by atoms with Crippen LogP contribution in [0.1, 0.15) is 72.1 Å². The Morgan fingerprint density at radius 1 is 1.18 bits per heavy atom. The minimum absolute atomic E-state index is 0. The van der Waals surface area contributed by atoms with Crippen LogP contribution in [0, 0.1) is 34.5 Å². The number of fused-ring (bicyclic) bond motifs is 5. The Kier molecular flexibility index (Phi) is 8.20. The fourth-order valence-corrected chi connectivity index (χ4v) is 10.5. The second-order valence-electron chi connectivity index (χ2n) is 14.0. The van der Waals surface area contributed by atoms with Crippen molar-refractivity contribution in [3.05, 3.63) is 24.4 Å². The monoisotopic (exact) mass is 604 g/mol. The van der Waals surface area contributed by atoms with Gasteiger partial charge in [-0.1, -0.05) is 26.5 Å². The number of hydrogen-bond acceptors (Lipinski definition) is 5. The van der Waals surface area contributed by atoms with Crippen molar-refractivity contribution in [1.29, 1.82) is 0 Å². The van der Waals surface area contributed by atoms with E-state index in [1.54, 1.807) is 6.92 Å². The highest BCUT2D eigenvalue weighted by atomic mass is 79.9.